The Labute approximate surface area is 196 Å². The van der Waals surface area contributed by atoms with E-state index in [2.05, 4.69) is 5.32 Å². The number of nitrogens with one attached hydrogen (secondary N) is 1. The Hall–Kier alpha value is -2.83. The van der Waals surface area contributed by atoms with Gasteiger partial charge in [0.2, 0.25) is 5.91 Å². The maximum absolute atomic E-state index is 13.2. The van der Waals surface area contributed by atoms with E-state index in [1.54, 1.807) is 0 Å². The fraction of sp³-hybridized carbons (Fsp3) is 0.450. The molecule has 0 aliphatic carbocycles. The van der Waals surface area contributed by atoms with Crippen molar-refractivity contribution in [3.05, 3.63) is 51.2 Å². The first-order chi connectivity index (χ1) is 15.7. The Morgan fingerprint density at radius 2 is 2.03 bits per heavy atom. The number of nitrogens with zero attached hydrogens (tertiary/aromatic N) is 2. The highest BCUT2D eigenvalue weighted by Crippen LogP contribution is 2.43. The van der Waals surface area contributed by atoms with Gasteiger partial charge in [0.05, 0.1) is 21.5 Å². The number of benzene rings is 1. The number of carbonyl (C=O) groups is 3. The van der Waals surface area contributed by atoms with Crippen LogP contribution in [0.25, 0.3) is 0 Å². The number of ether oxygens (including phenoxy) is 2. The average molecular weight is 500 g/mol. The molecule has 1 aromatic carbocycles. The second kappa shape index (κ2) is 9.98. The molecule has 1 aromatic rings. The highest BCUT2D eigenvalue weighted by atomic mass is 35.5. The van der Waals surface area contributed by atoms with Gasteiger partial charge >= 0.3 is 5.97 Å². The summed E-state index contributed by atoms with van der Waals surface area (Å²) in [6.45, 7) is 2.93. The van der Waals surface area contributed by atoms with E-state index in [-0.39, 0.29) is 41.8 Å². The molecule has 2 unspecified atom stereocenters. The Balaban J connectivity index is 1.85. The number of β-lactam (4-membered cyclic amide) rings is 1. The third-order valence-corrected chi connectivity index (χ3v) is 7.02. The Kier molecular flexibility index (Phi) is 7.50. The van der Waals surface area contributed by atoms with Gasteiger partial charge < -0.3 is 14.8 Å². The zero-order chi connectivity index (χ0) is 24.3. The van der Waals surface area contributed by atoms with Crippen molar-refractivity contribution < 1.29 is 33.0 Å². The summed E-state index contributed by atoms with van der Waals surface area (Å²) in [4.78, 5) is 49.1. The fourth-order valence-electron chi connectivity index (χ4n) is 3.60. The summed E-state index contributed by atoms with van der Waals surface area (Å²) in [6, 6.07) is 5.43. The third-order valence-electron chi connectivity index (χ3n) is 5.03. The van der Waals surface area contributed by atoms with Crippen molar-refractivity contribution in [2.45, 2.75) is 38.0 Å². The summed E-state index contributed by atoms with van der Waals surface area (Å²) >= 11 is 5.97. The van der Waals surface area contributed by atoms with Gasteiger partial charge in [-0.05, 0) is 29.7 Å². The number of rotatable bonds is 9. The highest BCUT2D eigenvalue weighted by Gasteiger charge is 2.69. The zero-order valence-electron chi connectivity index (χ0n) is 17.9. The lowest BCUT2D eigenvalue weighted by atomic mass is 9.98. The van der Waals surface area contributed by atoms with Gasteiger partial charge in [-0.15, -0.1) is 11.6 Å². The van der Waals surface area contributed by atoms with Crippen molar-refractivity contribution >= 4 is 45.9 Å². The minimum Gasteiger partial charge on any atom is -0.456 e. The quantitative estimate of drug-likeness (QED) is 0.134. The van der Waals surface area contributed by atoms with Gasteiger partial charge in [-0.2, -0.15) is 0 Å². The lowest BCUT2D eigenvalue weighted by molar-refractivity contribution is -0.384. The van der Waals surface area contributed by atoms with Crippen molar-refractivity contribution in [2.24, 2.45) is 0 Å². The number of hydrogen-bond donors (Lipinski definition) is 1. The van der Waals surface area contributed by atoms with E-state index in [4.69, 9.17) is 21.1 Å². The number of non-ortho nitro benzene ring substituents is 1. The van der Waals surface area contributed by atoms with E-state index in [1.807, 2.05) is 6.92 Å². The van der Waals surface area contributed by atoms with E-state index in [1.165, 1.54) is 31.2 Å². The predicted molar refractivity (Wildman–Crippen MR) is 117 cm³/mol. The topological polar surface area (TPSA) is 145 Å². The molecule has 2 aliphatic rings. The van der Waals surface area contributed by atoms with Crippen molar-refractivity contribution in [3.8, 4) is 0 Å². The first-order valence-corrected chi connectivity index (χ1v) is 11.9. The maximum atomic E-state index is 13.2. The number of amides is 2. The van der Waals surface area contributed by atoms with Crippen molar-refractivity contribution in [1.29, 1.82) is 0 Å². The summed E-state index contributed by atoms with van der Waals surface area (Å²) in [5.74, 6) is -2.42. The van der Waals surface area contributed by atoms with E-state index < -0.39 is 44.6 Å². The maximum Gasteiger partial charge on any atom is 0.355 e. The summed E-state index contributed by atoms with van der Waals surface area (Å²) in [6.07, 6.45) is 0.543. The van der Waals surface area contributed by atoms with Gasteiger partial charge in [0, 0.05) is 31.5 Å². The van der Waals surface area contributed by atoms with Gasteiger partial charge in [-0.3, -0.25) is 28.8 Å². The van der Waals surface area contributed by atoms with Crippen molar-refractivity contribution in [1.82, 2.24) is 10.2 Å². The van der Waals surface area contributed by atoms with Crippen LogP contribution < -0.4 is 5.32 Å². The summed E-state index contributed by atoms with van der Waals surface area (Å²) in [5, 5.41) is 12.1. The summed E-state index contributed by atoms with van der Waals surface area (Å²) < 4.78 is 23.9. The number of alkyl halides is 1. The molecule has 0 bridgehead atoms. The second-order valence-electron chi connectivity index (χ2n) is 7.40. The predicted octanol–water partition coefficient (Wildman–Crippen LogP) is 1.32. The molecule has 0 aromatic heterocycles. The van der Waals surface area contributed by atoms with E-state index in [0.717, 1.165) is 4.90 Å². The monoisotopic (exact) mass is 499 g/mol. The minimum atomic E-state index is -1.84. The fourth-order valence-corrected chi connectivity index (χ4v) is 5.71. The smallest absolute Gasteiger partial charge is 0.355 e. The molecule has 3 atom stereocenters. The minimum absolute atomic E-state index is 0.100. The molecule has 11 nitrogen and oxygen atoms in total. The van der Waals surface area contributed by atoms with Gasteiger partial charge in [0.25, 0.3) is 17.3 Å². The number of carbonyl (C=O) groups excluding carboxylic acids is 3. The Morgan fingerprint density at radius 1 is 1.36 bits per heavy atom. The van der Waals surface area contributed by atoms with Gasteiger partial charge in [-0.25, -0.2) is 4.79 Å². The van der Waals surface area contributed by atoms with E-state index in [9.17, 15) is 28.7 Å². The van der Waals surface area contributed by atoms with Crippen molar-refractivity contribution in [2.75, 3.05) is 18.2 Å². The van der Waals surface area contributed by atoms with Crippen LogP contribution in [0.1, 0.15) is 25.8 Å². The summed E-state index contributed by atoms with van der Waals surface area (Å²) in [5.41, 5.74) is -1.33. The van der Waals surface area contributed by atoms with E-state index in [0.29, 0.717) is 12.0 Å². The molecule has 13 heteroatoms. The molecule has 2 aliphatic heterocycles. The standard InChI is InChI=1S/C20H22ClN3O8S/c1-3-8-32-20(22-12(2)25)18(27)23-16(14(9-21)11-33(30)19(20)23)17(26)31-10-13-4-6-15(7-5-13)24(28)29/h4-7,19H,3,8-11H2,1-2H3,(H,22,25)/t19-,20?,33?/m0/s1. The molecule has 0 radical (unpaired) electrons. The average Bonchev–Trinajstić information content (AvgIpc) is 2.79. The van der Waals surface area contributed by atoms with Crippen LogP contribution in [-0.2, 0) is 41.3 Å². The molecule has 3 rings (SSSR count). The molecule has 2 heterocycles. The van der Waals surface area contributed by atoms with Crippen LogP contribution in [0.4, 0.5) is 5.69 Å². The van der Waals surface area contributed by atoms with Gasteiger partial charge in [0.1, 0.15) is 12.3 Å². The molecule has 33 heavy (non-hydrogen) atoms. The molecule has 178 valence electrons. The van der Waals surface area contributed by atoms with Crippen LogP contribution in [0.5, 0.6) is 0 Å². The third kappa shape index (κ3) is 4.63. The molecule has 2 amide bonds. The normalized spacial score (nSPS) is 24.1. The van der Waals surface area contributed by atoms with Crippen LogP contribution >= 0.6 is 11.6 Å². The molecule has 0 spiro atoms. The van der Waals surface area contributed by atoms with Crippen LogP contribution in [0, 0.1) is 10.1 Å². The number of nitro groups is 1. The number of esters is 1. The van der Waals surface area contributed by atoms with Crippen LogP contribution in [0.15, 0.2) is 35.5 Å². The second-order valence-corrected chi connectivity index (χ2v) is 9.17. The Bertz CT molecular complexity index is 1040. The molecular formula is C20H22ClN3O8S. The SMILES string of the molecule is CCCOC1(NC(C)=O)C(=O)N2C(C(=O)OCc3ccc([N+](=O)[O-])cc3)=C(CCl)CS(=O)[C@H]21. The van der Waals surface area contributed by atoms with E-state index >= 15 is 0 Å². The van der Waals surface area contributed by atoms with Crippen LogP contribution in [0.2, 0.25) is 0 Å². The molecular weight excluding hydrogens is 478 g/mol. The molecule has 0 saturated carbocycles. The van der Waals surface area contributed by atoms with Crippen LogP contribution in [-0.4, -0.2) is 61.2 Å². The number of nitro benzene ring substituents is 1. The molecule has 1 saturated heterocycles. The van der Waals surface area contributed by atoms with Gasteiger partial charge in [-0.1, -0.05) is 6.92 Å². The van der Waals surface area contributed by atoms with Gasteiger partial charge in [0.15, 0.2) is 5.37 Å². The largest absolute Gasteiger partial charge is 0.456 e. The lowest BCUT2D eigenvalue weighted by Crippen LogP contribution is -2.83. The highest BCUT2D eigenvalue weighted by molar-refractivity contribution is 7.86. The summed E-state index contributed by atoms with van der Waals surface area (Å²) in [7, 11) is -1.70. The molecule has 1 fully saturated rings. The van der Waals surface area contributed by atoms with Crippen molar-refractivity contribution in [3.63, 3.8) is 0 Å². The molecule has 1 N–H and O–H groups in total. The number of fused-ring (bicyclic) bond motifs is 1. The first-order valence-electron chi connectivity index (χ1n) is 9.98. The first kappa shape index (κ1) is 24.8. The lowest BCUT2D eigenvalue weighted by Gasteiger charge is -2.55. The number of hydrogen-bond acceptors (Lipinski definition) is 8. The Morgan fingerprint density at radius 3 is 2.58 bits per heavy atom. The zero-order valence-corrected chi connectivity index (χ0v) is 19.4. The number of halogens is 1. The van der Waals surface area contributed by atoms with Crippen LogP contribution in [0.3, 0.4) is 0 Å².